The number of rotatable bonds is 2. The van der Waals surface area contributed by atoms with Crippen molar-refractivity contribution in [2.45, 2.75) is 26.2 Å². The number of likely N-dealkylation sites (tertiary alicyclic amines) is 1. The largest absolute Gasteiger partial charge is 0.379 e. The first-order valence-electron chi connectivity index (χ1n) is 6.15. The van der Waals surface area contributed by atoms with Crippen molar-refractivity contribution < 1.29 is 9.53 Å². The molecule has 0 radical (unpaired) electrons. The molecule has 0 bridgehead atoms. The number of ether oxygens (including phenoxy) is 1. The molecule has 92 valence electrons. The first-order valence-corrected chi connectivity index (χ1v) is 6.15. The summed E-state index contributed by atoms with van der Waals surface area (Å²) in [5.74, 6) is -0.111. The van der Waals surface area contributed by atoms with Crippen LogP contribution in [-0.2, 0) is 9.53 Å². The molecular formula is C13H18N2O2. The van der Waals surface area contributed by atoms with Crippen molar-refractivity contribution in [3.63, 3.8) is 0 Å². The Kier molecular flexibility index (Phi) is 3.49. The second kappa shape index (κ2) is 4.89. The van der Waals surface area contributed by atoms with Crippen LogP contribution in [0.4, 0.5) is 0 Å². The SMILES string of the molecule is CC1(C=C(C#N)C(=O)N2CCCCC2)COC1. The summed E-state index contributed by atoms with van der Waals surface area (Å²) >= 11 is 0. The van der Waals surface area contributed by atoms with Gasteiger partial charge in [0.25, 0.3) is 5.91 Å². The molecule has 4 heteroatoms. The van der Waals surface area contributed by atoms with E-state index in [2.05, 4.69) is 0 Å². The van der Waals surface area contributed by atoms with E-state index < -0.39 is 0 Å². The van der Waals surface area contributed by atoms with E-state index in [0.717, 1.165) is 25.9 Å². The summed E-state index contributed by atoms with van der Waals surface area (Å²) in [5.41, 5.74) is 0.147. The van der Waals surface area contributed by atoms with Crippen LogP contribution in [0.15, 0.2) is 11.6 Å². The van der Waals surface area contributed by atoms with Crippen LogP contribution in [0, 0.1) is 16.7 Å². The van der Waals surface area contributed by atoms with E-state index in [0.29, 0.717) is 13.2 Å². The molecule has 2 heterocycles. The molecule has 2 rings (SSSR count). The Balaban J connectivity index is 2.07. The van der Waals surface area contributed by atoms with Crippen LogP contribution < -0.4 is 0 Å². The van der Waals surface area contributed by atoms with Gasteiger partial charge in [-0.25, -0.2) is 0 Å². The Bertz CT molecular complexity index is 371. The van der Waals surface area contributed by atoms with Crippen molar-refractivity contribution in [3.05, 3.63) is 11.6 Å². The lowest BCUT2D eigenvalue weighted by Crippen LogP contribution is -2.40. The Morgan fingerprint density at radius 2 is 2.00 bits per heavy atom. The van der Waals surface area contributed by atoms with Crippen molar-refractivity contribution in [1.29, 1.82) is 5.26 Å². The molecule has 0 aromatic heterocycles. The van der Waals surface area contributed by atoms with E-state index in [1.165, 1.54) is 6.42 Å². The number of nitriles is 1. The van der Waals surface area contributed by atoms with Crippen LogP contribution in [0.1, 0.15) is 26.2 Å². The van der Waals surface area contributed by atoms with Gasteiger partial charge in [0.05, 0.1) is 13.2 Å². The Labute approximate surface area is 102 Å². The number of amides is 1. The zero-order chi connectivity index (χ0) is 12.3. The van der Waals surface area contributed by atoms with Crippen LogP contribution in [0.5, 0.6) is 0 Å². The number of hydrogen-bond acceptors (Lipinski definition) is 3. The molecule has 4 nitrogen and oxygen atoms in total. The minimum Gasteiger partial charge on any atom is -0.379 e. The van der Waals surface area contributed by atoms with Crippen LogP contribution >= 0.6 is 0 Å². The Morgan fingerprint density at radius 3 is 2.47 bits per heavy atom. The van der Waals surface area contributed by atoms with Crippen LogP contribution in [0.2, 0.25) is 0 Å². The van der Waals surface area contributed by atoms with Crippen LogP contribution in [0.3, 0.4) is 0 Å². The van der Waals surface area contributed by atoms with Gasteiger partial charge < -0.3 is 9.64 Å². The molecule has 2 fully saturated rings. The van der Waals surface area contributed by atoms with Gasteiger partial charge in [-0.05, 0) is 19.3 Å². The highest BCUT2D eigenvalue weighted by molar-refractivity contribution is 5.97. The molecule has 17 heavy (non-hydrogen) atoms. The van der Waals surface area contributed by atoms with Gasteiger partial charge in [-0.2, -0.15) is 5.26 Å². The molecule has 0 atom stereocenters. The van der Waals surface area contributed by atoms with E-state index in [4.69, 9.17) is 10.00 Å². The smallest absolute Gasteiger partial charge is 0.264 e. The van der Waals surface area contributed by atoms with Gasteiger partial charge in [-0.1, -0.05) is 13.0 Å². The number of piperidine rings is 1. The van der Waals surface area contributed by atoms with Crippen LogP contribution in [-0.4, -0.2) is 37.1 Å². The van der Waals surface area contributed by atoms with Gasteiger partial charge in [0.2, 0.25) is 0 Å². The highest BCUT2D eigenvalue weighted by atomic mass is 16.5. The fraction of sp³-hybridized carbons (Fsp3) is 0.692. The summed E-state index contributed by atoms with van der Waals surface area (Å²) in [6.45, 7) is 4.78. The van der Waals surface area contributed by atoms with Gasteiger partial charge >= 0.3 is 0 Å². The van der Waals surface area contributed by atoms with E-state index in [9.17, 15) is 4.79 Å². The molecule has 0 spiro atoms. The molecule has 2 saturated heterocycles. The standard InChI is InChI=1S/C13H18N2O2/c1-13(9-17-10-13)7-11(8-14)12(16)15-5-3-2-4-6-15/h7H,2-6,9-10H2,1H3. The molecule has 0 saturated carbocycles. The summed E-state index contributed by atoms with van der Waals surface area (Å²) in [5, 5.41) is 9.10. The minimum atomic E-state index is -0.128. The van der Waals surface area contributed by atoms with Crippen molar-refractivity contribution in [1.82, 2.24) is 4.90 Å². The van der Waals surface area contributed by atoms with Crippen molar-refractivity contribution in [3.8, 4) is 6.07 Å². The van der Waals surface area contributed by atoms with Gasteiger partial charge in [-0.3, -0.25) is 4.79 Å². The molecule has 0 unspecified atom stereocenters. The summed E-state index contributed by atoms with van der Waals surface area (Å²) in [4.78, 5) is 13.9. The van der Waals surface area contributed by atoms with Crippen LogP contribution in [0.25, 0.3) is 0 Å². The Hall–Kier alpha value is -1.34. The molecule has 0 aromatic rings. The molecule has 0 N–H and O–H groups in total. The van der Waals surface area contributed by atoms with E-state index in [1.807, 2.05) is 13.0 Å². The topological polar surface area (TPSA) is 53.3 Å². The van der Waals surface area contributed by atoms with E-state index in [1.54, 1.807) is 11.0 Å². The normalized spacial score (nSPS) is 23.8. The molecular weight excluding hydrogens is 216 g/mol. The molecule has 2 aliphatic rings. The van der Waals surface area contributed by atoms with E-state index in [-0.39, 0.29) is 16.9 Å². The third-order valence-electron chi connectivity index (χ3n) is 3.35. The molecule has 0 aromatic carbocycles. The zero-order valence-electron chi connectivity index (χ0n) is 10.2. The van der Waals surface area contributed by atoms with Gasteiger partial charge in [0.15, 0.2) is 0 Å². The third-order valence-corrected chi connectivity index (χ3v) is 3.35. The van der Waals surface area contributed by atoms with E-state index >= 15 is 0 Å². The second-order valence-electron chi connectivity index (χ2n) is 5.17. The second-order valence-corrected chi connectivity index (χ2v) is 5.17. The summed E-state index contributed by atoms with van der Waals surface area (Å²) in [7, 11) is 0. The monoisotopic (exact) mass is 234 g/mol. The summed E-state index contributed by atoms with van der Waals surface area (Å²) < 4.78 is 5.13. The van der Waals surface area contributed by atoms with Gasteiger partial charge in [0, 0.05) is 18.5 Å². The number of nitrogens with zero attached hydrogens (tertiary/aromatic N) is 2. The van der Waals surface area contributed by atoms with Gasteiger partial charge in [-0.15, -0.1) is 0 Å². The Morgan fingerprint density at radius 1 is 1.35 bits per heavy atom. The van der Waals surface area contributed by atoms with Gasteiger partial charge in [0.1, 0.15) is 11.6 Å². The quantitative estimate of drug-likeness (QED) is 0.537. The molecule has 2 aliphatic heterocycles. The maximum absolute atomic E-state index is 12.1. The first kappa shape index (κ1) is 12.1. The highest BCUT2D eigenvalue weighted by Crippen LogP contribution is 2.29. The average molecular weight is 234 g/mol. The fourth-order valence-corrected chi connectivity index (χ4v) is 2.27. The van der Waals surface area contributed by atoms with Crippen molar-refractivity contribution in [2.24, 2.45) is 5.41 Å². The molecule has 1 amide bonds. The summed E-state index contributed by atoms with van der Waals surface area (Å²) in [6.07, 6.45) is 5.06. The zero-order valence-corrected chi connectivity index (χ0v) is 10.2. The maximum Gasteiger partial charge on any atom is 0.264 e. The predicted octanol–water partition coefficient (Wildman–Crippen LogP) is 1.49. The summed E-state index contributed by atoms with van der Waals surface area (Å²) in [6, 6.07) is 2.04. The van der Waals surface area contributed by atoms with Crippen molar-refractivity contribution in [2.75, 3.05) is 26.3 Å². The molecule has 0 aliphatic carbocycles. The average Bonchev–Trinajstić information content (AvgIpc) is 2.34. The first-order chi connectivity index (χ1) is 8.14. The van der Waals surface area contributed by atoms with Crippen molar-refractivity contribution >= 4 is 5.91 Å². The fourth-order valence-electron chi connectivity index (χ4n) is 2.27. The predicted molar refractivity (Wildman–Crippen MR) is 63.1 cm³/mol. The number of carbonyl (C=O) groups is 1. The number of carbonyl (C=O) groups excluding carboxylic acids is 1. The lowest BCUT2D eigenvalue weighted by Gasteiger charge is -2.35. The lowest BCUT2D eigenvalue weighted by molar-refractivity contribution is -0.127. The third kappa shape index (κ3) is 2.67. The minimum absolute atomic E-state index is 0.111. The lowest BCUT2D eigenvalue weighted by atomic mass is 9.86. The highest BCUT2D eigenvalue weighted by Gasteiger charge is 2.33. The maximum atomic E-state index is 12.1. The number of hydrogen-bond donors (Lipinski definition) is 0.